The van der Waals surface area contributed by atoms with E-state index in [1.165, 1.54) is 23.1 Å². The van der Waals surface area contributed by atoms with Crippen molar-refractivity contribution in [1.82, 2.24) is 14.8 Å². The first kappa shape index (κ1) is 22.4. The summed E-state index contributed by atoms with van der Waals surface area (Å²) in [6.45, 7) is 4.42. The van der Waals surface area contributed by atoms with Gasteiger partial charge in [0, 0.05) is 11.6 Å². The second-order valence-corrected chi connectivity index (χ2v) is 8.73. The number of hydrogen-bond donors (Lipinski definition) is 1. The highest BCUT2D eigenvalue weighted by atomic mass is 35.5. The SMILES string of the molecule is CCn1c(SCC(=O)Nc2sccc2C#N)nnc1C(C)Oc1ccc(Cl)cc1Cl. The van der Waals surface area contributed by atoms with E-state index in [1.54, 1.807) is 29.6 Å². The molecule has 0 aliphatic rings. The maximum Gasteiger partial charge on any atom is 0.235 e. The Morgan fingerprint density at radius 3 is 2.90 bits per heavy atom. The molecule has 0 spiro atoms. The Labute approximate surface area is 192 Å². The summed E-state index contributed by atoms with van der Waals surface area (Å²) in [6.07, 6.45) is -0.413. The number of halogens is 2. The quantitative estimate of drug-likeness (QED) is 0.432. The molecule has 3 rings (SSSR count). The molecule has 1 N–H and O–H groups in total. The molecule has 11 heteroatoms. The van der Waals surface area contributed by atoms with Crippen LogP contribution >= 0.6 is 46.3 Å². The van der Waals surface area contributed by atoms with Crippen LogP contribution in [0.25, 0.3) is 0 Å². The van der Waals surface area contributed by atoms with Crippen molar-refractivity contribution in [3.8, 4) is 11.8 Å². The van der Waals surface area contributed by atoms with Crippen molar-refractivity contribution in [3.63, 3.8) is 0 Å². The van der Waals surface area contributed by atoms with Crippen molar-refractivity contribution in [3.05, 3.63) is 51.1 Å². The van der Waals surface area contributed by atoms with E-state index in [1.807, 2.05) is 24.5 Å². The minimum Gasteiger partial charge on any atom is -0.481 e. The molecule has 0 saturated carbocycles. The predicted octanol–water partition coefficient (Wildman–Crippen LogP) is 5.41. The maximum absolute atomic E-state index is 12.3. The maximum atomic E-state index is 12.3. The molecule has 30 heavy (non-hydrogen) atoms. The van der Waals surface area contributed by atoms with E-state index in [-0.39, 0.29) is 11.7 Å². The molecule has 1 amide bonds. The molecule has 1 aromatic carbocycles. The van der Waals surface area contributed by atoms with Crippen molar-refractivity contribution in [2.75, 3.05) is 11.1 Å². The monoisotopic (exact) mass is 481 g/mol. The highest BCUT2D eigenvalue weighted by Gasteiger charge is 2.20. The van der Waals surface area contributed by atoms with Gasteiger partial charge in [-0.05, 0) is 43.5 Å². The Morgan fingerprint density at radius 1 is 1.40 bits per heavy atom. The van der Waals surface area contributed by atoms with Gasteiger partial charge in [-0.15, -0.1) is 21.5 Å². The average molecular weight is 482 g/mol. The molecule has 0 bridgehead atoms. The number of rotatable bonds is 8. The zero-order chi connectivity index (χ0) is 21.7. The van der Waals surface area contributed by atoms with E-state index in [2.05, 4.69) is 15.5 Å². The number of benzene rings is 1. The molecule has 1 unspecified atom stereocenters. The number of thiophene rings is 1. The van der Waals surface area contributed by atoms with Crippen LogP contribution in [0, 0.1) is 11.3 Å². The predicted molar refractivity (Wildman–Crippen MR) is 120 cm³/mol. The third-order valence-corrected chi connectivity index (χ3v) is 6.32. The topological polar surface area (TPSA) is 92.8 Å². The molecular weight excluding hydrogens is 465 g/mol. The molecule has 1 atom stereocenters. The number of hydrogen-bond acceptors (Lipinski definition) is 7. The molecule has 2 aromatic heterocycles. The van der Waals surface area contributed by atoms with E-state index in [4.69, 9.17) is 33.2 Å². The van der Waals surface area contributed by atoms with Gasteiger partial charge in [0.1, 0.15) is 16.8 Å². The lowest BCUT2D eigenvalue weighted by atomic mass is 10.3. The molecular formula is C19H17Cl2N5O2S2. The van der Waals surface area contributed by atoms with E-state index >= 15 is 0 Å². The Morgan fingerprint density at radius 2 is 2.20 bits per heavy atom. The van der Waals surface area contributed by atoms with Gasteiger partial charge in [-0.25, -0.2) is 0 Å². The number of ether oxygens (including phenoxy) is 1. The molecule has 0 aliphatic carbocycles. The average Bonchev–Trinajstić information content (AvgIpc) is 3.34. The van der Waals surface area contributed by atoms with Gasteiger partial charge in [0.2, 0.25) is 5.91 Å². The van der Waals surface area contributed by atoms with Crippen LogP contribution in [0.15, 0.2) is 34.8 Å². The van der Waals surface area contributed by atoms with Crippen LogP contribution in [-0.4, -0.2) is 26.4 Å². The highest BCUT2D eigenvalue weighted by Crippen LogP contribution is 2.32. The fraction of sp³-hybridized carbons (Fsp3) is 0.263. The van der Waals surface area contributed by atoms with Gasteiger partial charge in [-0.3, -0.25) is 4.79 Å². The first-order chi connectivity index (χ1) is 14.4. The number of nitriles is 1. The highest BCUT2D eigenvalue weighted by molar-refractivity contribution is 7.99. The summed E-state index contributed by atoms with van der Waals surface area (Å²) in [5.74, 6) is 1.04. The number of anilines is 1. The summed E-state index contributed by atoms with van der Waals surface area (Å²) in [4.78, 5) is 12.3. The molecule has 0 aliphatic heterocycles. The molecule has 2 heterocycles. The van der Waals surface area contributed by atoms with Gasteiger partial charge in [0.15, 0.2) is 17.1 Å². The molecule has 0 saturated heterocycles. The number of carbonyl (C=O) groups is 1. The zero-order valence-corrected chi connectivity index (χ0v) is 19.2. The van der Waals surface area contributed by atoms with E-state index in [0.29, 0.717) is 43.9 Å². The number of aromatic nitrogens is 3. The number of carbonyl (C=O) groups excluding carboxylic acids is 1. The van der Waals surface area contributed by atoms with E-state index in [0.717, 1.165) is 0 Å². The smallest absolute Gasteiger partial charge is 0.235 e. The van der Waals surface area contributed by atoms with Crippen molar-refractivity contribution in [2.24, 2.45) is 0 Å². The fourth-order valence-corrected chi connectivity index (χ4v) is 4.62. The second kappa shape index (κ2) is 10.2. The van der Waals surface area contributed by atoms with E-state index in [9.17, 15) is 4.79 Å². The summed E-state index contributed by atoms with van der Waals surface area (Å²) >= 11 is 14.7. The standard InChI is InChI=1S/C19H17Cl2N5O2S2/c1-3-26-17(11(2)28-15-5-4-13(20)8-14(15)21)24-25-19(26)30-10-16(27)23-18-12(9-22)6-7-29-18/h4-8,11H,3,10H2,1-2H3,(H,23,27). The fourth-order valence-electron chi connectivity index (χ4n) is 2.61. The van der Waals surface area contributed by atoms with Crippen LogP contribution < -0.4 is 10.1 Å². The number of thioether (sulfide) groups is 1. The van der Waals surface area contributed by atoms with Gasteiger partial charge in [0.25, 0.3) is 0 Å². The summed E-state index contributed by atoms with van der Waals surface area (Å²) in [5.41, 5.74) is 0.448. The van der Waals surface area contributed by atoms with Crippen LogP contribution in [-0.2, 0) is 11.3 Å². The minimum atomic E-state index is -0.413. The van der Waals surface area contributed by atoms with Crippen molar-refractivity contribution in [1.29, 1.82) is 5.26 Å². The summed E-state index contributed by atoms with van der Waals surface area (Å²) in [5, 5.41) is 24.1. The Kier molecular flexibility index (Phi) is 7.61. The summed E-state index contributed by atoms with van der Waals surface area (Å²) < 4.78 is 7.82. The molecule has 0 fully saturated rings. The minimum absolute atomic E-state index is 0.138. The number of nitrogens with zero attached hydrogens (tertiary/aromatic N) is 4. The van der Waals surface area contributed by atoms with Crippen LogP contribution in [0.2, 0.25) is 10.0 Å². The Bertz CT molecular complexity index is 1090. The van der Waals surface area contributed by atoms with Gasteiger partial charge in [-0.2, -0.15) is 5.26 Å². The van der Waals surface area contributed by atoms with Crippen molar-refractivity contribution < 1.29 is 9.53 Å². The summed E-state index contributed by atoms with van der Waals surface area (Å²) in [7, 11) is 0. The Hall–Kier alpha value is -2.25. The van der Waals surface area contributed by atoms with Crippen LogP contribution in [0.3, 0.4) is 0 Å². The first-order valence-corrected chi connectivity index (χ1v) is 11.5. The lowest BCUT2D eigenvalue weighted by molar-refractivity contribution is -0.113. The Balaban J connectivity index is 1.66. The van der Waals surface area contributed by atoms with Gasteiger partial charge >= 0.3 is 0 Å². The van der Waals surface area contributed by atoms with Crippen LogP contribution in [0.4, 0.5) is 5.00 Å². The molecule has 3 aromatic rings. The third kappa shape index (κ3) is 5.26. The number of nitrogens with one attached hydrogen (secondary N) is 1. The molecule has 7 nitrogen and oxygen atoms in total. The lowest BCUT2D eigenvalue weighted by Gasteiger charge is -2.16. The lowest BCUT2D eigenvalue weighted by Crippen LogP contribution is -2.15. The molecule has 156 valence electrons. The second-order valence-electron chi connectivity index (χ2n) is 6.03. The van der Waals surface area contributed by atoms with Crippen LogP contribution in [0.5, 0.6) is 5.75 Å². The van der Waals surface area contributed by atoms with Gasteiger partial charge < -0.3 is 14.6 Å². The van der Waals surface area contributed by atoms with Crippen LogP contribution in [0.1, 0.15) is 31.3 Å². The first-order valence-electron chi connectivity index (χ1n) is 8.88. The largest absolute Gasteiger partial charge is 0.481 e. The normalized spacial score (nSPS) is 11.7. The van der Waals surface area contributed by atoms with Gasteiger partial charge in [-0.1, -0.05) is 35.0 Å². The zero-order valence-electron chi connectivity index (χ0n) is 16.1. The van der Waals surface area contributed by atoms with Gasteiger partial charge in [0.05, 0.1) is 16.3 Å². The number of amides is 1. The van der Waals surface area contributed by atoms with E-state index < -0.39 is 6.10 Å². The summed E-state index contributed by atoms with van der Waals surface area (Å²) in [6, 6.07) is 8.73. The third-order valence-electron chi connectivity index (χ3n) is 3.99. The van der Waals surface area contributed by atoms with Crippen molar-refractivity contribution in [2.45, 2.75) is 31.7 Å². The van der Waals surface area contributed by atoms with Crippen molar-refractivity contribution >= 4 is 57.2 Å². The molecule has 0 radical (unpaired) electrons.